The molecule has 10 rings (SSSR count). The van der Waals surface area contributed by atoms with Crippen LogP contribution in [0, 0.1) is 0 Å². The van der Waals surface area contributed by atoms with Gasteiger partial charge in [-0.1, -0.05) is 152 Å². The average molecular weight is 733 g/mol. The van der Waals surface area contributed by atoms with Gasteiger partial charge in [0.2, 0.25) is 0 Å². The van der Waals surface area contributed by atoms with Gasteiger partial charge in [-0.2, -0.15) is 0 Å². The van der Waals surface area contributed by atoms with Crippen molar-refractivity contribution in [3.63, 3.8) is 0 Å². The molecule has 0 atom stereocenters. The molecule has 0 radical (unpaired) electrons. The summed E-state index contributed by atoms with van der Waals surface area (Å²) in [5.74, 6) is 1.11. The van der Waals surface area contributed by atoms with Crippen LogP contribution in [0.25, 0.3) is 71.7 Å². The Morgan fingerprint density at radius 1 is 0.509 bits per heavy atom. The van der Waals surface area contributed by atoms with E-state index in [9.17, 15) is 0 Å². The SMILES string of the molecule is C=N/C(=N\C(=N/Cc1ccccc1)c1ccccc1-c1cccc(-n2c3ccccc3c3cc(-c4cccc5oc6ccccc6c45)ccc32)c1)c1ccccc1. The van der Waals surface area contributed by atoms with Gasteiger partial charge < -0.3 is 8.98 Å². The first kappa shape index (κ1) is 33.9. The second-order valence-electron chi connectivity index (χ2n) is 14.0. The molecule has 5 heteroatoms. The number of aliphatic imine (C=N–C) groups is 3. The summed E-state index contributed by atoms with van der Waals surface area (Å²) in [6.45, 7) is 4.35. The highest BCUT2D eigenvalue weighted by atomic mass is 16.3. The van der Waals surface area contributed by atoms with E-state index in [0.29, 0.717) is 18.2 Å². The first-order valence-electron chi connectivity index (χ1n) is 19.1. The zero-order valence-electron chi connectivity index (χ0n) is 31.1. The zero-order valence-corrected chi connectivity index (χ0v) is 31.1. The lowest BCUT2D eigenvalue weighted by Gasteiger charge is -2.14. The molecular weight excluding hydrogens is 697 g/mol. The Bertz CT molecular complexity index is 3170. The van der Waals surface area contributed by atoms with Crippen LogP contribution in [0.1, 0.15) is 16.7 Å². The quantitative estimate of drug-likeness (QED) is 0.119. The van der Waals surface area contributed by atoms with Gasteiger partial charge in [-0.25, -0.2) is 9.98 Å². The van der Waals surface area contributed by atoms with E-state index in [4.69, 9.17) is 14.4 Å². The van der Waals surface area contributed by atoms with Crippen molar-refractivity contribution < 1.29 is 4.42 Å². The third-order valence-electron chi connectivity index (χ3n) is 10.6. The molecule has 0 amide bonds. The van der Waals surface area contributed by atoms with Gasteiger partial charge in [-0.15, -0.1) is 0 Å². The topological polar surface area (TPSA) is 55.1 Å². The van der Waals surface area contributed by atoms with Crippen LogP contribution in [0.15, 0.2) is 214 Å². The van der Waals surface area contributed by atoms with Crippen LogP contribution >= 0.6 is 0 Å². The van der Waals surface area contributed by atoms with E-state index in [2.05, 4.69) is 144 Å². The molecule has 0 aliphatic carbocycles. The van der Waals surface area contributed by atoms with Crippen molar-refractivity contribution in [2.45, 2.75) is 6.54 Å². The summed E-state index contributed by atoms with van der Waals surface area (Å²) in [4.78, 5) is 14.5. The van der Waals surface area contributed by atoms with Gasteiger partial charge in [0.05, 0.1) is 17.6 Å². The maximum Gasteiger partial charge on any atom is 0.161 e. The number of fused-ring (bicyclic) bond motifs is 6. The van der Waals surface area contributed by atoms with Crippen molar-refractivity contribution in [1.29, 1.82) is 0 Å². The Hall–Kier alpha value is -7.63. The molecular formula is C52H36N4O. The Kier molecular flexibility index (Phi) is 8.65. The molecule has 0 saturated carbocycles. The largest absolute Gasteiger partial charge is 0.456 e. The van der Waals surface area contributed by atoms with E-state index in [1.807, 2.05) is 66.7 Å². The molecule has 0 unspecified atom stereocenters. The number of benzene rings is 8. The van der Waals surface area contributed by atoms with Gasteiger partial charge in [0.15, 0.2) is 11.7 Å². The van der Waals surface area contributed by atoms with Crippen molar-refractivity contribution in [3.05, 3.63) is 211 Å². The summed E-state index contributed by atoms with van der Waals surface area (Å²) in [6, 6.07) is 67.3. The molecule has 0 aliphatic rings. The van der Waals surface area contributed by atoms with E-state index in [-0.39, 0.29) is 0 Å². The Labute approximate surface area is 330 Å². The van der Waals surface area contributed by atoms with E-state index in [1.165, 1.54) is 10.8 Å². The number of furan rings is 1. The summed E-state index contributed by atoms with van der Waals surface area (Å²) >= 11 is 0. The van der Waals surface area contributed by atoms with Crippen LogP contribution in [-0.2, 0) is 6.54 Å². The lowest BCUT2D eigenvalue weighted by atomic mass is 9.97. The molecule has 10 aromatic rings. The van der Waals surface area contributed by atoms with E-state index < -0.39 is 0 Å². The van der Waals surface area contributed by atoms with Gasteiger partial charge in [-0.05, 0) is 77.0 Å². The predicted octanol–water partition coefficient (Wildman–Crippen LogP) is 13.1. The number of rotatable bonds is 7. The lowest BCUT2D eigenvalue weighted by Crippen LogP contribution is -2.07. The number of amidine groups is 2. The fourth-order valence-electron chi connectivity index (χ4n) is 7.99. The first-order valence-corrected chi connectivity index (χ1v) is 19.1. The molecule has 0 N–H and O–H groups in total. The Morgan fingerprint density at radius 3 is 2.04 bits per heavy atom. The molecule has 0 saturated heterocycles. The molecule has 0 fully saturated rings. The summed E-state index contributed by atoms with van der Waals surface area (Å²) in [7, 11) is 0. The predicted molar refractivity (Wildman–Crippen MR) is 238 cm³/mol. The fraction of sp³-hybridized carbons (Fsp3) is 0.0192. The molecule has 0 bridgehead atoms. The lowest BCUT2D eigenvalue weighted by molar-refractivity contribution is 0.669. The van der Waals surface area contributed by atoms with Crippen molar-refractivity contribution in [2.75, 3.05) is 0 Å². The van der Waals surface area contributed by atoms with E-state index in [0.717, 1.165) is 77.6 Å². The van der Waals surface area contributed by atoms with Crippen LogP contribution in [-0.4, -0.2) is 23.0 Å². The molecule has 57 heavy (non-hydrogen) atoms. The maximum absolute atomic E-state index is 6.26. The normalized spacial score (nSPS) is 12.2. The van der Waals surface area contributed by atoms with Gasteiger partial charge in [0.1, 0.15) is 11.2 Å². The van der Waals surface area contributed by atoms with Crippen LogP contribution in [0.3, 0.4) is 0 Å². The summed E-state index contributed by atoms with van der Waals surface area (Å²) in [6.07, 6.45) is 0. The van der Waals surface area contributed by atoms with Crippen LogP contribution in [0.4, 0.5) is 0 Å². The maximum atomic E-state index is 6.26. The standard InChI is InChI=1S/C52H36N4O/c1-53-51(36-18-6-3-7-19-36)55-52(54-34-35-16-4-2-5-17-35)43-24-9-8-22-40(43)37-20-14-21-39(32-37)56-46-27-12-10-23-42(46)45-33-38(30-31-47(45)56)41-26-15-29-49-50(41)44-25-11-13-28-48(44)57-49/h2-33H,1,34H2/b54-52-,55-51-. The molecule has 5 nitrogen and oxygen atoms in total. The van der Waals surface area contributed by atoms with Crippen LogP contribution in [0.5, 0.6) is 0 Å². The zero-order chi connectivity index (χ0) is 38.1. The van der Waals surface area contributed by atoms with Crippen LogP contribution < -0.4 is 0 Å². The minimum Gasteiger partial charge on any atom is -0.456 e. The van der Waals surface area contributed by atoms with Crippen molar-refractivity contribution in [3.8, 4) is 27.9 Å². The molecule has 0 spiro atoms. The number of aromatic nitrogens is 1. The van der Waals surface area contributed by atoms with Crippen molar-refractivity contribution in [2.24, 2.45) is 15.0 Å². The van der Waals surface area contributed by atoms with Crippen LogP contribution in [0.2, 0.25) is 0 Å². The van der Waals surface area contributed by atoms with Gasteiger partial charge in [0.25, 0.3) is 0 Å². The number of para-hydroxylation sites is 2. The minimum atomic E-state index is 0.474. The third-order valence-corrected chi connectivity index (χ3v) is 10.6. The van der Waals surface area contributed by atoms with Gasteiger partial charge in [0, 0.05) is 38.4 Å². The highest BCUT2D eigenvalue weighted by Gasteiger charge is 2.18. The molecule has 270 valence electrons. The highest BCUT2D eigenvalue weighted by Crippen LogP contribution is 2.40. The summed E-state index contributed by atoms with van der Waals surface area (Å²) in [5, 5.41) is 4.64. The minimum absolute atomic E-state index is 0.474. The smallest absolute Gasteiger partial charge is 0.161 e. The summed E-state index contributed by atoms with van der Waals surface area (Å²) in [5.41, 5.74) is 12.4. The number of hydrogen-bond donors (Lipinski definition) is 0. The number of nitrogens with zero attached hydrogens (tertiary/aromatic N) is 4. The molecule has 2 heterocycles. The molecule has 8 aromatic carbocycles. The summed E-state index contributed by atoms with van der Waals surface area (Å²) < 4.78 is 8.62. The molecule has 2 aromatic heterocycles. The van der Waals surface area contributed by atoms with E-state index >= 15 is 0 Å². The highest BCUT2D eigenvalue weighted by molar-refractivity contribution is 6.16. The fourth-order valence-corrected chi connectivity index (χ4v) is 7.99. The molecule has 0 aliphatic heterocycles. The monoisotopic (exact) mass is 732 g/mol. The second kappa shape index (κ2) is 14.5. The first-order chi connectivity index (χ1) is 28.2. The van der Waals surface area contributed by atoms with Gasteiger partial charge >= 0.3 is 0 Å². The van der Waals surface area contributed by atoms with Crippen molar-refractivity contribution in [1.82, 2.24) is 4.57 Å². The Balaban J connectivity index is 1.11. The van der Waals surface area contributed by atoms with Crippen molar-refractivity contribution >= 4 is 62.1 Å². The average Bonchev–Trinajstić information content (AvgIpc) is 3.83. The Morgan fingerprint density at radius 2 is 1.18 bits per heavy atom. The number of hydrogen-bond acceptors (Lipinski definition) is 2. The third kappa shape index (κ3) is 6.21. The second-order valence-corrected chi connectivity index (χ2v) is 14.0. The van der Waals surface area contributed by atoms with Gasteiger partial charge in [-0.3, -0.25) is 4.99 Å². The van der Waals surface area contributed by atoms with E-state index in [1.54, 1.807) is 0 Å².